The van der Waals surface area contributed by atoms with E-state index in [1.54, 1.807) is 0 Å². The van der Waals surface area contributed by atoms with Crippen LogP contribution in [0.1, 0.15) is 57.6 Å². The maximum absolute atomic E-state index is 15.1. The van der Waals surface area contributed by atoms with Gasteiger partial charge in [0.25, 0.3) is 5.56 Å². The molecule has 1 aromatic heterocycles. The number of fused-ring (bicyclic) bond motifs is 1. The van der Waals surface area contributed by atoms with Crippen molar-refractivity contribution in [3.8, 4) is 0 Å². The number of pyridine rings is 1. The number of rotatable bonds is 2. The number of halogens is 1. The van der Waals surface area contributed by atoms with Crippen molar-refractivity contribution in [2.75, 3.05) is 0 Å². The van der Waals surface area contributed by atoms with E-state index in [1.807, 2.05) is 38.1 Å². The van der Waals surface area contributed by atoms with Crippen LogP contribution < -0.4 is 5.56 Å². The van der Waals surface area contributed by atoms with Crippen molar-refractivity contribution < 1.29 is 4.39 Å². The lowest BCUT2D eigenvalue weighted by Gasteiger charge is -2.23. The zero-order chi connectivity index (χ0) is 15.1. The predicted molar refractivity (Wildman–Crippen MR) is 84.3 cm³/mol. The Morgan fingerprint density at radius 3 is 2.43 bits per heavy atom. The van der Waals surface area contributed by atoms with Crippen LogP contribution in [0.2, 0.25) is 0 Å². The lowest BCUT2D eigenvalue weighted by molar-refractivity contribution is 0.339. The Kier molecular flexibility index (Phi) is 3.60. The maximum Gasteiger partial charge on any atom is 0.260 e. The van der Waals surface area contributed by atoms with Crippen LogP contribution in [0.15, 0.2) is 29.1 Å². The molecule has 3 heteroatoms. The molecule has 0 bridgehead atoms. The Bertz CT molecular complexity index is 732. The smallest absolute Gasteiger partial charge is 0.260 e. The first-order chi connectivity index (χ1) is 10.0. The third-order valence-electron chi connectivity index (χ3n) is 4.83. The molecule has 2 atom stereocenters. The molecule has 0 saturated heterocycles. The maximum atomic E-state index is 15.1. The highest BCUT2D eigenvalue weighted by Gasteiger charge is 2.30. The van der Waals surface area contributed by atoms with E-state index in [4.69, 9.17) is 0 Å². The Balaban J connectivity index is 2.37. The van der Waals surface area contributed by atoms with Crippen LogP contribution in [0, 0.1) is 11.9 Å². The van der Waals surface area contributed by atoms with Crippen LogP contribution in [0.5, 0.6) is 0 Å². The van der Waals surface area contributed by atoms with Gasteiger partial charge in [0.1, 0.15) is 0 Å². The average molecular weight is 287 g/mol. The SMILES string of the molecule is CC(C)c1c(F)n([C@@H]2CCC[C@@H]2C)c(=O)c2ccccc12. The fourth-order valence-corrected chi connectivity index (χ4v) is 3.72. The van der Waals surface area contributed by atoms with Crippen molar-refractivity contribution >= 4 is 10.8 Å². The van der Waals surface area contributed by atoms with E-state index >= 15 is 4.39 Å². The number of benzene rings is 1. The van der Waals surface area contributed by atoms with Crippen molar-refractivity contribution in [1.82, 2.24) is 4.57 Å². The lowest BCUT2D eigenvalue weighted by atomic mass is 9.96. The molecule has 2 nitrogen and oxygen atoms in total. The first kappa shape index (κ1) is 14.3. The molecule has 1 saturated carbocycles. The number of hydrogen-bond donors (Lipinski definition) is 0. The largest absolute Gasteiger partial charge is 0.281 e. The van der Waals surface area contributed by atoms with E-state index < -0.39 is 0 Å². The molecule has 21 heavy (non-hydrogen) atoms. The van der Waals surface area contributed by atoms with E-state index in [9.17, 15) is 4.79 Å². The van der Waals surface area contributed by atoms with Crippen LogP contribution in [0.3, 0.4) is 0 Å². The van der Waals surface area contributed by atoms with Gasteiger partial charge in [0, 0.05) is 17.0 Å². The molecule has 0 aliphatic heterocycles. The average Bonchev–Trinajstić information content (AvgIpc) is 2.85. The summed E-state index contributed by atoms with van der Waals surface area (Å²) in [6, 6.07) is 7.40. The highest BCUT2D eigenvalue weighted by atomic mass is 19.1. The molecule has 0 amide bonds. The molecule has 0 radical (unpaired) electrons. The fraction of sp³-hybridized carbons (Fsp3) is 0.500. The van der Waals surface area contributed by atoms with Crippen molar-refractivity contribution in [3.63, 3.8) is 0 Å². The van der Waals surface area contributed by atoms with Crippen LogP contribution in [-0.4, -0.2) is 4.57 Å². The van der Waals surface area contributed by atoms with E-state index in [-0.39, 0.29) is 23.5 Å². The molecular weight excluding hydrogens is 265 g/mol. The summed E-state index contributed by atoms with van der Waals surface area (Å²) in [4.78, 5) is 12.8. The van der Waals surface area contributed by atoms with Crippen LogP contribution in [-0.2, 0) is 0 Å². The molecule has 1 aliphatic rings. The summed E-state index contributed by atoms with van der Waals surface area (Å²) in [6.45, 7) is 6.09. The highest BCUT2D eigenvalue weighted by Crippen LogP contribution is 2.37. The highest BCUT2D eigenvalue weighted by molar-refractivity contribution is 5.85. The minimum Gasteiger partial charge on any atom is -0.281 e. The molecule has 112 valence electrons. The molecule has 1 fully saturated rings. The first-order valence-corrected chi connectivity index (χ1v) is 7.85. The Morgan fingerprint density at radius 1 is 1.19 bits per heavy atom. The number of nitrogens with zero attached hydrogens (tertiary/aromatic N) is 1. The molecule has 0 unspecified atom stereocenters. The third kappa shape index (κ3) is 2.19. The van der Waals surface area contributed by atoms with Gasteiger partial charge in [0.2, 0.25) is 5.95 Å². The minimum atomic E-state index is -0.326. The van der Waals surface area contributed by atoms with Gasteiger partial charge >= 0.3 is 0 Å². The van der Waals surface area contributed by atoms with Gasteiger partial charge in [0.15, 0.2) is 0 Å². The molecular formula is C18H22FNO. The van der Waals surface area contributed by atoms with E-state index in [0.717, 1.165) is 24.6 Å². The molecule has 3 rings (SSSR count). The lowest BCUT2D eigenvalue weighted by Crippen LogP contribution is -2.30. The summed E-state index contributed by atoms with van der Waals surface area (Å²) >= 11 is 0. The second kappa shape index (κ2) is 5.28. The molecule has 1 heterocycles. The minimum absolute atomic E-state index is 0.000365. The predicted octanol–water partition coefficient (Wildman–Crippen LogP) is 4.63. The zero-order valence-electron chi connectivity index (χ0n) is 12.9. The van der Waals surface area contributed by atoms with Crippen molar-refractivity contribution in [2.45, 2.75) is 52.0 Å². The van der Waals surface area contributed by atoms with Gasteiger partial charge in [-0.3, -0.25) is 9.36 Å². The summed E-state index contributed by atoms with van der Waals surface area (Å²) in [5.74, 6) is 0.0873. The van der Waals surface area contributed by atoms with Gasteiger partial charge in [0.05, 0.1) is 0 Å². The Morgan fingerprint density at radius 2 is 1.86 bits per heavy atom. The Labute approximate surface area is 124 Å². The van der Waals surface area contributed by atoms with Crippen molar-refractivity contribution in [3.05, 3.63) is 46.1 Å². The third-order valence-corrected chi connectivity index (χ3v) is 4.83. The molecule has 1 aromatic carbocycles. The zero-order valence-corrected chi connectivity index (χ0v) is 12.9. The molecule has 1 aliphatic carbocycles. The second-order valence-corrected chi connectivity index (χ2v) is 6.56. The number of aromatic nitrogens is 1. The van der Waals surface area contributed by atoms with Gasteiger partial charge in [-0.25, -0.2) is 0 Å². The monoisotopic (exact) mass is 287 g/mol. The Hall–Kier alpha value is -1.64. The van der Waals surface area contributed by atoms with Crippen molar-refractivity contribution in [2.24, 2.45) is 5.92 Å². The summed E-state index contributed by atoms with van der Waals surface area (Å²) in [7, 11) is 0. The standard InChI is InChI=1S/C18H22FNO/c1-11(2)16-13-8-4-5-9-14(13)18(21)20(17(16)19)15-10-6-7-12(15)3/h4-5,8-9,11-12,15H,6-7,10H2,1-3H3/t12-,15+/m0/s1. The number of hydrogen-bond acceptors (Lipinski definition) is 1. The van der Waals surface area contributed by atoms with Crippen LogP contribution >= 0.6 is 0 Å². The normalized spacial score (nSPS) is 22.3. The van der Waals surface area contributed by atoms with E-state index in [1.165, 1.54) is 4.57 Å². The first-order valence-electron chi connectivity index (χ1n) is 7.85. The summed E-state index contributed by atoms with van der Waals surface area (Å²) in [5, 5.41) is 1.40. The van der Waals surface area contributed by atoms with Crippen LogP contribution in [0.25, 0.3) is 10.8 Å². The van der Waals surface area contributed by atoms with Gasteiger partial charge in [-0.1, -0.05) is 45.4 Å². The van der Waals surface area contributed by atoms with Gasteiger partial charge in [-0.05, 0) is 36.1 Å². The van der Waals surface area contributed by atoms with Gasteiger partial charge < -0.3 is 0 Å². The second-order valence-electron chi connectivity index (χ2n) is 6.56. The van der Waals surface area contributed by atoms with Gasteiger partial charge in [-0.2, -0.15) is 4.39 Å². The quantitative estimate of drug-likeness (QED) is 0.738. The van der Waals surface area contributed by atoms with E-state index in [2.05, 4.69) is 6.92 Å². The molecule has 2 aromatic rings. The summed E-state index contributed by atoms with van der Waals surface area (Å²) in [6.07, 6.45) is 3.04. The topological polar surface area (TPSA) is 22.0 Å². The van der Waals surface area contributed by atoms with Crippen molar-refractivity contribution in [1.29, 1.82) is 0 Å². The van der Waals surface area contributed by atoms with E-state index in [0.29, 0.717) is 16.9 Å². The summed E-state index contributed by atoms with van der Waals surface area (Å²) < 4.78 is 16.5. The fourth-order valence-electron chi connectivity index (χ4n) is 3.72. The molecule has 0 N–H and O–H groups in total. The van der Waals surface area contributed by atoms with Crippen LogP contribution in [0.4, 0.5) is 4.39 Å². The van der Waals surface area contributed by atoms with Gasteiger partial charge in [-0.15, -0.1) is 0 Å². The molecule has 0 spiro atoms. The summed E-state index contributed by atoms with van der Waals surface area (Å²) in [5.41, 5.74) is 0.496.